The summed E-state index contributed by atoms with van der Waals surface area (Å²) in [7, 11) is 0. The molecule has 1 heterocycles. The molecular formula is C15H22N2O2. The first-order valence-electron chi connectivity index (χ1n) is 6.72. The average Bonchev–Trinajstić information content (AvgIpc) is 2.36. The maximum Gasteiger partial charge on any atom is 0.260 e. The Morgan fingerprint density at radius 2 is 2.05 bits per heavy atom. The highest BCUT2D eigenvalue weighted by Gasteiger charge is 2.27. The number of nitrogens with zero attached hydrogens (tertiary/aromatic N) is 1. The number of amides is 1. The maximum atomic E-state index is 12.0. The van der Waals surface area contributed by atoms with Crippen molar-refractivity contribution in [1.82, 2.24) is 4.90 Å². The molecule has 2 N–H and O–H groups in total. The molecule has 0 aliphatic carbocycles. The summed E-state index contributed by atoms with van der Waals surface area (Å²) in [6.07, 6.45) is 2.11. The number of nitrogens with two attached hydrogens (primary N) is 1. The number of carbonyl (C=O) groups excluding carboxylic acids is 1. The quantitative estimate of drug-likeness (QED) is 0.850. The molecule has 0 radical (unpaired) electrons. The van der Waals surface area contributed by atoms with Gasteiger partial charge in [0.1, 0.15) is 5.75 Å². The van der Waals surface area contributed by atoms with Crippen LogP contribution >= 0.6 is 0 Å². The van der Waals surface area contributed by atoms with Crippen LogP contribution in [0.5, 0.6) is 5.75 Å². The third kappa shape index (κ3) is 3.88. The predicted octanol–water partition coefficient (Wildman–Crippen LogP) is 2.30. The minimum absolute atomic E-state index is 0.0536. The second-order valence-corrected chi connectivity index (χ2v) is 5.91. The Balaban J connectivity index is 1.82. The lowest BCUT2D eigenvalue weighted by atomic mass is 9.83. The first-order valence-corrected chi connectivity index (χ1v) is 6.72. The van der Waals surface area contributed by atoms with Crippen LogP contribution in [-0.2, 0) is 4.79 Å². The molecular weight excluding hydrogens is 240 g/mol. The molecule has 19 heavy (non-hydrogen) atoms. The van der Waals surface area contributed by atoms with Gasteiger partial charge in [0.25, 0.3) is 5.91 Å². The number of ether oxygens (including phenoxy) is 1. The predicted molar refractivity (Wildman–Crippen MR) is 75.9 cm³/mol. The van der Waals surface area contributed by atoms with Gasteiger partial charge in [-0.25, -0.2) is 0 Å². The molecule has 1 aliphatic rings. The molecule has 1 aromatic carbocycles. The Morgan fingerprint density at radius 1 is 1.37 bits per heavy atom. The summed E-state index contributed by atoms with van der Waals surface area (Å²) in [5.74, 6) is 0.698. The van der Waals surface area contributed by atoms with E-state index in [2.05, 4.69) is 13.8 Å². The van der Waals surface area contributed by atoms with E-state index < -0.39 is 0 Å². The standard InChI is InChI=1S/C15H22N2O2/c1-15(2)6-8-17(9-7-15)14(18)11-19-13-5-3-4-12(16)10-13/h3-5,10H,6-9,11,16H2,1-2H3. The van der Waals surface area contributed by atoms with Crippen molar-refractivity contribution in [2.24, 2.45) is 5.41 Å². The van der Waals surface area contributed by atoms with E-state index >= 15 is 0 Å². The molecule has 1 saturated heterocycles. The van der Waals surface area contributed by atoms with Gasteiger partial charge in [-0.05, 0) is 30.4 Å². The number of nitrogen functional groups attached to an aromatic ring is 1. The van der Waals surface area contributed by atoms with Gasteiger partial charge in [-0.2, -0.15) is 0 Å². The fraction of sp³-hybridized carbons (Fsp3) is 0.533. The minimum Gasteiger partial charge on any atom is -0.484 e. The van der Waals surface area contributed by atoms with Crippen LogP contribution in [0.15, 0.2) is 24.3 Å². The van der Waals surface area contributed by atoms with Gasteiger partial charge < -0.3 is 15.4 Å². The molecule has 4 heteroatoms. The van der Waals surface area contributed by atoms with Crippen LogP contribution in [0.3, 0.4) is 0 Å². The molecule has 0 saturated carbocycles. The smallest absolute Gasteiger partial charge is 0.260 e. The molecule has 1 amide bonds. The summed E-state index contributed by atoms with van der Waals surface area (Å²) in [6, 6.07) is 7.15. The summed E-state index contributed by atoms with van der Waals surface area (Å²) in [6.45, 7) is 6.23. The third-order valence-corrected chi connectivity index (χ3v) is 3.69. The van der Waals surface area contributed by atoms with Gasteiger partial charge in [0.2, 0.25) is 0 Å². The topological polar surface area (TPSA) is 55.6 Å². The molecule has 1 fully saturated rings. The largest absolute Gasteiger partial charge is 0.484 e. The number of hydrogen-bond donors (Lipinski definition) is 1. The molecule has 1 aromatic rings. The van der Waals surface area contributed by atoms with Gasteiger partial charge in [0.05, 0.1) is 0 Å². The van der Waals surface area contributed by atoms with Crippen LogP contribution in [0.1, 0.15) is 26.7 Å². The van der Waals surface area contributed by atoms with Crippen LogP contribution in [0.25, 0.3) is 0 Å². The van der Waals surface area contributed by atoms with E-state index in [1.54, 1.807) is 12.1 Å². The molecule has 0 unspecified atom stereocenters. The maximum absolute atomic E-state index is 12.0. The van der Waals surface area contributed by atoms with Crippen molar-refractivity contribution >= 4 is 11.6 Å². The SMILES string of the molecule is CC1(C)CCN(C(=O)COc2cccc(N)c2)CC1. The second-order valence-electron chi connectivity index (χ2n) is 5.91. The van der Waals surface area contributed by atoms with Gasteiger partial charge in [-0.1, -0.05) is 19.9 Å². The number of benzene rings is 1. The normalized spacial score (nSPS) is 18.1. The number of carbonyl (C=O) groups is 1. The van der Waals surface area contributed by atoms with Crippen molar-refractivity contribution in [2.45, 2.75) is 26.7 Å². The summed E-state index contributed by atoms with van der Waals surface area (Å²) in [5, 5.41) is 0. The van der Waals surface area contributed by atoms with Crippen molar-refractivity contribution in [1.29, 1.82) is 0 Å². The van der Waals surface area contributed by atoms with Crippen LogP contribution in [0, 0.1) is 5.41 Å². The zero-order valence-electron chi connectivity index (χ0n) is 11.7. The lowest BCUT2D eigenvalue weighted by molar-refractivity contribution is -0.135. The molecule has 104 valence electrons. The van der Waals surface area contributed by atoms with Gasteiger partial charge in [0.15, 0.2) is 6.61 Å². The molecule has 1 aliphatic heterocycles. The monoisotopic (exact) mass is 262 g/mol. The fourth-order valence-corrected chi connectivity index (χ4v) is 2.20. The van der Waals surface area contributed by atoms with Crippen molar-refractivity contribution < 1.29 is 9.53 Å². The van der Waals surface area contributed by atoms with Crippen molar-refractivity contribution in [3.63, 3.8) is 0 Å². The second kappa shape index (κ2) is 5.51. The fourth-order valence-electron chi connectivity index (χ4n) is 2.20. The Morgan fingerprint density at radius 3 is 2.68 bits per heavy atom. The number of piperidine rings is 1. The van der Waals surface area contributed by atoms with Crippen LogP contribution < -0.4 is 10.5 Å². The van der Waals surface area contributed by atoms with Crippen LogP contribution in [0.4, 0.5) is 5.69 Å². The molecule has 0 spiro atoms. The van der Waals surface area contributed by atoms with Crippen molar-refractivity contribution in [3.05, 3.63) is 24.3 Å². The van der Waals surface area contributed by atoms with E-state index in [0.29, 0.717) is 16.9 Å². The molecule has 4 nitrogen and oxygen atoms in total. The van der Waals surface area contributed by atoms with Crippen LogP contribution in [0.2, 0.25) is 0 Å². The minimum atomic E-state index is 0.0536. The molecule has 0 atom stereocenters. The van der Waals surface area contributed by atoms with Crippen molar-refractivity contribution in [3.8, 4) is 5.75 Å². The Labute approximate surface area is 114 Å². The van der Waals surface area contributed by atoms with Gasteiger partial charge in [0, 0.05) is 24.8 Å². The highest BCUT2D eigenvalue weighted by Crippen LogP contribution is 2.29. The average molecular weight is 262 g/mol. The van der Waals surface area contributed by atoms with E-state index in [1.807, 2.05) is 17.0 Å². The lowest BCUT2D eigenvalue weighted by Gasteiger charge is -2.36. The Kier molecular flexibility index (Phi) is 3.98. The number of anilines is 1. The number of rotatable bonds is 3. The zero-order valence-corrected chi connectivity index (χ0v) is 11.7. The summed E-state index contributed by atoms with van der Waals surface area (Å²) in [5.41, 5.74) is 6.66. The molecule has 0 bridgehead atoms. The number of hydrogen-bond acceptors (Lipinski definition) is 3. The highest BCUT2D eigenvalue weighted by molar-refractivity contribution is 5.77. The summed E-state index contributed by atoms with van der Waals surface area (Å²) >= 11 is 0. The Bertz CT molecular complexity index is 447. The van der Waals surface area contributed by atoms with Crippen LogP contribution in [-0.4, -0.2) is 30.5 Å². The van der Waals surface area contributed by atoms with Gasteiger partial charge in [-0.3, -0.25) is 4.79 Å². The summed E-state index contributed by atoms with van der Waals surface area (Å²) in [4.78, 5) is 13.9. The van der Waals surface area contributed by atoms with E-state index in [1.165, 1.54) is 0 Å². The van der Waals surface area contributed by atoms with Gasteiger partial charge >= 0.3 is 0 Å². The number of likely N-dealkylation sites (tertiary alicyclic amines) is 1. The first kappa shape index (κ1) is 13.7. The molecule has 0 aromatic heterocycles. The Hall–Kier alpha value is -1.71. The zero-order chi connectivity index (χ0) is 13.9. The summed E-state index contributed by atoms with van der Waals surface area (Å²) < 4.78 is 5.48. The van der Waals surface area contributed by atoms with E-state index in [0.717, 1.165) is 25.9 Å². The van der Waals surface area contributed by atoms with E-state index in [9.17, 15) is 4.79 Å². The lowest BCUT2D eigenvalue weighted by Crippen LogP contribution is -2.43. The van der Waals surface area contributed by atoms with Gasteiger partial charge in [-0.15, -0.1) is 0 Å². The first-order chi connectivity index (χ1) is 8.96. The third-order valence-electron chi connectivity index (χ3n) is 3.69. The highest BCUT2D eigenvalue weighted by atomic mass is 16.5. The van der Waals surface area contributed by atoms with E-state index in [-0.39, 0.29) is 12.5 Å². The van der Waals surface area contributed by atoms with Crippen molar-refractivity contribution in [2.75, 3.05) is 25.4 Å². The molecule has 2 rings (SSSR count). The van der Waals surface area contributed by atoms with E-state index in [4.69, 9.17) is 10.5 Å².